The van der Waals surface area contributed by atoms with Crippen LogP contribution in [0.25, 0.3) is 0 Å². The van der Waals surface area contributed by atoms with Crippen molar-refractivity contribution in [1.29, 1.82) is 0 Å². The number of H-pyrrole nitrogens is 1. The van der Waals surface area contributed by atoms with Crippen molar-refractivity contribution in [2.45, 2.75) is 28.5 Å². The molecule has 0 aromatic carbocycles. The molecule has 1 aromatic rings. The molecule has 5 atom stereocenters. The molecule has 0 saturated heterocycles. The third-order valence-corrected chi connectivity index (χ3v) is 5.98. The van der Waals surface area contributed by atoms with Gasteiger partial charge in [0.2, 0.25) is 16.9 Å². The molecular formula is C13H15ClF3N5O5S. The first-order valence-electron chi connectivity index (χ1n) is 7.65. The molecule has 0 aliphatic heterocycles. The largest absolute Gasteiger partial charge is 0.481 e. The molecule has 2 aliphatic carbocycles. The number of amides is 1. The van der Waals surface area contributed by atoms with Crippen LogP contribution < -0.4 is 11.1 Å². The molecule has 0 bridgehead atoms. The van der Waals surface area contributed by atoms with Gasteiger partial charge in [-0.2, -0.15) is 18.2 Å². The monoisotopic (exact) mass is 445 g/mol. The normalized spacial score (nSPS) is 30.9. The van der Waals surface area contributed by atoms with E-state index in [4.69, 9.17) is 5.73 Å². The van der Waals surface area contributed by atoms with Crippen LogP contribution >= 0.6 is 24.2 Å². The molecule has 0 radical (unpaired) electrons. The van der Waals surface area contributed by atoms with E-state index in [1.165, 1.54) is 0 Å². The Bertz CT molecular complexity index is 808. The molecule has 0 spiro atoms. The number of carboxylic acids is 2. The van der Waals surface area contributed by atoms with Gasteiger partial charge in [-0.15, -0.1) is 17.5 Å². The van der Waals surface area contributed by atoms with E-state index in [0.29, 0.717) is 0 Å². The van der Waals surface area contributed by atoms with Crippen molar-refractivity contribution in [3.8, 4) is 0 Å². The van der Waals surface area contributed by atoms with Gasteiger partial charge in [-0.05, 0) is 12.3 Å². The predicted molar refractivity (Wildman–Crippen MR) is 88.6 cm³/mol. The van der Waals surface area contributed by atoms with E-state index in [1.54, 1.807) is 5.10 Å². The summed E-state index contributed by atoms with van der Waals surface area (Å²) in [6.07, 6.45) is -4.92. The average molecular weight is 446 g/mol. The summed E-state index contributed by atoms with van der Waals surface area (Å²) in [7, 11) is 0. The highest BCUT2D eigenvalue weighted by molar-refractivity contribution is 7.99. The number of hydrogen-bond donors (Lipinski definition) is 5. The second kappa shape index (κ2) is 7.40. The maximum atomic E-state index is 12.6. The summed E-state index contributed by atoms with van der Waals surface area (Å²) < 4.78 is 37.9. The Hall–Kier alpha value is -2.06. The number of thioether (sulfide) groups is 1. The average Bonchev–Trinajstić information content (AvgIpc) is 3.00. The van der Waals surface area contributed by atoms with Gasteiger partial charge < -0.3 is 21.3 Å². The first kappa shape index (κ1) is 22.2. The molecule has 1 amide bonds. The fourth-order valence-corrected chi connectivity index (χ4v) is 5.09. The Balaban J connectivity index is 0.00000280. The summed E-state index contributed by atoms with van der Waals surface area (Å²) in [5.41, 5.74) is 3.35. The molecule has 15 heteroatoms. The molecule has 10 nitrogen and oxygen atoms in total. The quantitative estimate of drug-likeness (QED) is 0.402. The number of hydrogen-bond acceptors (Lipinski definition) is 7. The summed E-state index contributed by atoms with van der Waals surface area (Å²) in [5.74, 6) is -7.35. The second-order valence-corrected chi connectivity index (χ2v) is 7.53. The highest BCUT2D eigenvalue weighted by atomic mass is 35.5. The van der Waals surface area contributed by atoms with Crippen LogP contribution in [0, 0.1) is 17.8 Å². The van der Waals surface area contributed by atoms with Gasteiger partial charge in [0.15, 0.2) is 0 Å². The van der Waals surface area contributed by atoms with Crippen molar-refractivity contribution in [2.24, 2.45) is 23.5 Å². The minimum absolute atomic E-state index is 0. The van der Waals surface area contributed by atoms with E-state index in [0.717, 1.165) is 11.8 Å². The number of alkyl halides is 3. The van der Waals surface area contributed by atoms with Crippen molar-refractivity contribution < 1.29 is 37.8 Å². The Kier molecular flexibility index (Phi) is 5.88. The van der Waals surface area contributed by atoms with Crippen LogP contribution in [-0.4, -0.2) is 60.6 Å². The third kappa shape index (κ3) is 3.63. The third-order valence-electron chi connectivity index (χ3n) is 4.80. The van der Waals surface area contributed by atoms with E-state index in [2.05, 4.69) is 15.4 Å². The zero-order valence-electron chi connectivity index (χ0n) is 13.8. The Labute approximate surface area is 165 Å². The number of rotatable bonds is 6. The zero-order valence-corrected chi connectivity index (χ0v) is 15.4. The SMILES string of the molecule is Cl.NCC(=O)N[C@@]1(C(=O)O)C[C@@H](Sc2n[nH]c(C(F)(F)F)n2)[C@H]2[C@H](C(=O)O)[C@H]21. The van der Waals surface area contributed by atoms with Gasteiger partial charge in [-0.1, -0.05) is 11.8 Å². The molecule has 1 aromatic heterocycles. The van der Waals surface area contributed by atoms with Crippen LogP contribution in [0.3, 0.4) is 0 Å². The molecule has 156 valence electrons. The number of fused-ring (bicyclic) bond motifs is 1. The number of nitrogens with two attached hydrogens (primary N) is 1. The van der Waals surface area contributed by atoms with Crippen LogP contribution in [-0.2, 0) is 20.6 Å². The number of nitrogens with zero attached hydrogens (tertiary/aromatic N) is 2. The van der Waals surface area contributed by atoms with Crippen molar-refractivity contribution in [3.63, 3.8) is 0 Å². The van der Waals surface area contributed by atoms with Crippen LogP contribution in [0.4, 0.5) is 13.2 Å². The summed E-state index contributed by atoms with van der Waals surface area (Å²) in [4.78, 5) is 38.3. The lowest BCUT2D eigenvalue weighted by Crippen LogP contribution is -2.57. The lowest BCUT2D eigenvalue weighted by atomic mass is 9.90. The molecule has 1 heterocycles. The van der Waals surface area contributed by atoms with Crippen molar-refractivity contribution >= 4 is 42.0 Å². The minimum atomic E-state index is -4.73. The molecular weight excluding hydrogens is 431 g/mol. The minimum Gasteiger partial charge on any atom is -0.481 e. The Morgan fingerprint density at radius 3 is 2.46 bits per heavy atom. The van der Waals surface area contributed by atoms with Gasteiger partial charge >= 0.3 is 18.1 Å². The van der Waals surface area contributed by atoms with Crippen molar-refractivity contribution in [2.75, 3.05) is 6.54 Å². The predicted octanol–water partition coefficient (Wildman–Crippen LogP) is -0.0452. The first-order valence-corrected chi connectivity index (χ1v) is 8.52. The number of carbonyl (C=O) groups is 3. The number of carbonyl (C=O) groups excluding carboxylic acids is 1. The van der Waals surface area contributed by atoms with Crippen LogP contribution in [0.15, 0.2) is 5.16 Å². The lowest BCUT2D eigenvalue weighted by molar-refractivity contribution is -0.149. The number of aliphatic carboxylic acids is 2. The van der Waals surface area contributed by atoms with Gasteiger partial charge in [-0.3, -0.25) is 14.7 Å². The van der Waals surface area contributed by atoms with Crippen molar-refractivity contribution in [1.82, 2.24) is 20.5 Å². The van der Waals surface area contributed by atoms with Gasteiger partial charge in [0.1, 0.15) is 5.54 Å². The summed E-state index contributed by atoms with van der Waals surface area (Å²) in [5, 5.41) is 25.5. The molecule has 2 saturated carbocycles. The molecule has 2 aliphatic rings. The van der Waals surface area contributed by atoms with Gasteiger partial charge in [0, 0.05) is 11.2 Å². The van der Waals surface area contributed by atoms with Gasteiger partial charge in [0.05, 0.1) is 12.5 Å². The fraction of sp³-hybridized carbons (Fsp3) is 0.615. The van der Waals surface area contributed by atoms with E-state index in [-0.39, 0.29) is 24.0 Å². The van der Waals surface area contributed by atoms with E-state index in [1.807, 2.05) is 0 Å². The van der Waals surface area contributed by atoms with Crippen molar-refractivity contribution in [3.05, 3.63) is 5.82 Å². The standard InChI is InChI=1S/C13H14F3N5O5S.ClH/c14-13(15,16)9-18-11(21-20-9)27-3-1-12(10(25)26,19-4(22)2-17)7-5(3)6(7)8(23)24;/h3,5-7H,1-2,17H2,(H,19,22)(H,23,24)(H,25,26)(H,18,20,21);1H/t3-,5+,6+,7+,12+;/m1./s1. The summed E-state index contributed by atoms with van der Waals surface area (Å²) >= 11 is 0.751. The lowest BCUT2D eigenvalue weighted by Gasteiger charge is -2.29. The van der Waals surface area contributed by atoms with E-state index in [9.17, 15) is 37.8 Å². The van der Waals surface area contributed by atoms with Crippen LogP contribution in [0.1, 0.15) is 12.2 Å². The number of nitrogens with one attached hydrogen (secondary N) is 2. The maximum Gasteiger partial charge on any atom is 0.451 e. The number of aromatic amines is 1. The van der Waals surface area contributed by atoms with E-state index >= 15 is 0 Å². The Morgan fingerprint density at radius 2 is 2.00 bits per heavy atom. The zero-order chi connectivity index (χ0) is 20.1. The molecule has 2 fully saturated rings. The first-order chi connectivity index (χ1) is 12.5. The van der Waals surface area contributed by atoms with Gasteiger partial charge in [0.25, 0.3) is 0 Å². The van der Waals surface area contributed by atoms with Gasteiger partial charge in [-0.25, -0.2) is 4.79 Å². The molecule has 0 unspecified atom stereocenters. The maximum absolute atomic E-state index is 12.6. The highest BCUT2D eigenvalue weighted by Crippen LogP contribution is 2.65. The number of carboxylic acid groups (broad SMARTS) is 2. The molecule has 3 rings (SSSR count). The number of halogens is 4. The highest BCUT2D eigenvalue weighted by Gasteiger charge is 2.75. The number of aromatic nitrogens is 3. The fourth-order valence-electron chi connectivity index (χ4n) is 3.74. The second-order valence-electron chi connectivity index (χ2n) is 6.32. The topological polar surface area (TPSA) is 171 Å². The van der Waals surface area contributed by atoms with Crippen LogP contribution in [0.5, 0.6) is 0 Å². The van der Waals surface area contributed by atoms with E-state index < -0.39 is 64.9 Å². The van der Waals surface area contributed by atoms with Crippen LogP contribution in [0.2, 0.25) is 0 Å². The smallest absolute Gasteiger partial charge is 0.451 e. The molecule has 6 N–H and O–H groups in total. The molecule has 28 heavy (non-hydrogen) atoms. The summed E-state index contributed by atoms with van der Waals surface area (Å²) in [6, 6.07) is 0. The summed E-state index contributed by atoms with van der Waals surface area (Å²) in [6.45, 7) is -0.488. The Morgan fingerprint density at radius 1 is 1.36 bits per heavy atom.